The summed E-state index contributed by atoms with van der Waals surface area (Å²) in [5, 5.41) is 11.7. The first-order valence-corrected chi connectivity index (χ1v) is 10.1. The number of aromatic nitrogens is 4. The third-order valence-electron chi connectivity index (χ3n) is 4.11. The van der Waals surface area contributed by atoms with Gasteiger partial charge in [0, 0.05) is 11.8 Å². The molecule has 1 N–H and O–H groups in total. The van der Waals surface area contributed by atoms with E-state index in [-0.39, 0.29) is 5.82 Å². The third-order valence-corrected chi connectivity index (χ3v) is 5.24. The normalized spacial score (nSPS) is 11.6. The van der Waals surface area contributed by atoms with Gasteiger partial charge in [-0.1, -0.05) is 11.6 Å². The summed E-state index contributed by atoms with van der Waals surface area (Å²) in [7, 11) is 0. The highest BCUT2D eigenvalue weighted by molar-refractivity contribution is 7.99. The fourth-order valence-electron chi connectivity index (χ4n) is 2.54. The van der Waals surface area contributed by atoms with E-state index < -0.39 is 5.60 Å². The lowest BCUT2D eigenvalue weighted by molar-refractivity contribution is 0.0734. The Bertz CT molecular complexity index is 1160. The van der Waals surface area contributed by atoms with E-state index in [4.69, 9.17) is 16.0 Å². The maximum Gasteiger partial charge on any atom is 0.228 e. The number of hydrogen-bond donors (Lipinski definition) is 1. The molecule has 0 aliphatic rings. The number of oxazole rings is 1. The molecular formula is C21H16ClFN4O2S. The number of benzene rings is 1. The Morgan fingerprint density at radius 1 is 1.00 bits per heavy atom. The van der Waals surface area contributed by atoms with Crippen LogP contribution in [0.5, 0.6) is 0 Å². The lowest BCUT2D eigenvalue weighted by atomic mass is 10.1. The molecule has 6 nitrogen and oxygen atoms in total. The zero-order valence-electron chi connectivity index (χ0n) is 16.0. The maximum atomic E-state index is 13.3. The van der Waals surface area contributed by atoms with Crippen molar-refractivity contribution in [1.82, 2.24) is 19.9 Å². The molecule has 0 radical (unpaired) electrons. The van der Waals surface area contributed by atoms with E-state index >= 15 is 0 Å². The van der Waals surface area contributed by atoms with E-state index in [0.717, 1.165) is 0 Å². The molecule has 0 aliphatic carbocycles. The van der Waals surface area contributed by atoms with Gasteiger partial charge in [0.1, 0.15) is 27.8 Å². The van der Waals surface area contributed by atoms with Gasteiger partial charge in [-0.15, -0.1) is 0 Å². The molecule has 1 aromatic carbocycles. The van der Waals surface area contributed by atoms with Crippen LogP contribution in [0.2, 0.25) is 5.02 Å². The molecule has 30 heavy (non-hydrogen) atoms. The van der Waals surface area contributed by atoms with Crippen molar-refractivity contribution in [3.05, 3.63) is 71.5 Å². The molecule has 3 aromatic heterocycles. The summed E-state index contributed by atoms with van der Waals surface area (Å²) in [6.45, 7) is 3.26. The third kappa shape index (κ3) is 4.51. The predicted octanol–water partition coefficient (Wildman–Crippen LogP) is 5.36. The maximum absolute atomic E-state index is 13.3. The highest BCUT2D eigenvalue weighted by atomic mass is 35.5. The quantitative estimate of drug-likeness (QED) is 0.445. The minimum Gasteiger partial charge on any atom is -0.429 e. The summed E-state index contributed by atoms with van der Waals surface area (Å²) in [5.41, 5.74) is 0.874. The van der Waals surface area contributed by atoms with Crippen molar-refractivity contribution < 1.29 is 13.9 Å². The summed E-state index contributed by atoms with van der Waals surface area (Å²) in [4.78, 5) is 17.5. The highest BCUT2D eigenvalue weighted by Crippen LogP contribution is 2.38. The molecule has 0 atom stereocenters. The van der Waals surface area contributed by atoms with Crippen molar-refractivity contribution >= 4 is 23.4 Å². The number of aliphatic hydroxyl groups is 1. The standard InChI is InChI=1S/C21H16ClFN4O2S/c1-21(2,28)16-11-24-15(10-25-16)18-20(30-17-8-5-13(22)9-26-17)29-19(27-18)12-3-6-14(23)7-4-12/h3-11,28H,1-2H3. The van der Waals surface area contributed by atoms with E-state index in [1.807, 2.05) is 0 Å². The Balaban J connectivity index is 1.76. The molecule has 3 heterocycles. The second-order valence-electron chi connectivity index (χ2n) is 6.92. The molecule has 0 aliphatic heterocycles. The number of nitrogens with zero attached hydrogens (tertiary/aromatic N) is 4. The molecule has 0 bridgehead atoms. The van der Waals surface area contributed by atoms with Crippen LogP contribution in [0.3, 0.4) is 0 Å². The van der Waals surface area contributed by atoms with E-state index in [2.05, 4.69) is 19.9 Å². The summed E-state index contributed by atoms with van der Waals surface area (Å²) < 4.78 is 19.3. The fraction of sp³-hybridized carbons (Fsp3) is 0.143. The molecule has 4 aromatic rings. The van der Waals surface area contributed by atoms with Crippen LogP contribution in [0.25, 0.3) is 22.8 Å². The van der Waals surface area contributed by atoms with Gasteiger partial charge in [-0.3, -0.25) is 9.97 Å². The number of rotatable bonds is 5. The minimum atomic E-state index is -1.11. The van der Waals surface area contributed by atoms with Gasteiger partial charge < -0.3 is 9.52 Å². The second kappa shape index (κ2) is 8.14. The van der Waals surface area contributed by atoms with Gasteiger partial charge in [-0.25, -0.2) is 14.4 Å². The van der Waals surface area contributed by atoms with Crippen molar-refractivity contribution in [3.8, 4) is 22.8 Å². The van der Waals surface area contributed by atoms with Crippen molar-refractivity contribution in [3.63, 3.8) is 0 Å². The zero-order chi connectivity index (χ0) is 21.3. The van der Waals surface area contributed by atoms with Crippen molar-refractivity contribution in [2.75, 3.05) is 0 Å². The first-order valence-electron chi connectivity index (χ1n) is 8.91. The van der Waals surface area contributed by atoms with Gasteiger partial charge in [-0.05, 0) is 62.0 Å². The molecule has 0 amide bonds. The van der Waals surface area contributed by atoms with E-state index in [0.29, 0.717) is 43.7 Å². The number of hydrogen-bond acceptors (Lipinski definition) is 7. The predicted molar refractivity (Wildman–Crippen MR) is 112 cm³/mol. The number of pyridine rings is 1. The molecule has 4 rings (SSSR count). The van der Waals surface area contributed by atoms with E-state index in [1.165, 1.54) is 36.3 Å². The monoisotopic (exact) mass is 442 g/mol. The Labute approximate surface area is 181 Å². The average Bonchev–Trinajstić information content (AvgIpc) is 3.13. The first-order chi connectivity index (χ1) is 14.3. The molecule has 0 saturated carbocycles. The van der Waals surface area contributed by atoms with Crippen LogP contribution in [-0.4, -0.2) is 25.0 Å². The lowest BCUT2D eigenvalue weighted by Gasteiger charge is -2.15. The van der Waals surface area contributed by atoms with Gasteiger partial charge >= 0.3 is 0 Å². The molecule has 0 fully saturated rings. The smallest absolute Gasteiger partial charge is 0.228 e. The van der Waals surface area contributed by atoms with Gasteiger partial charge in [0.15, 0.2) is 5.09 Å². The molecular weight excluding hydrogens is 427 g/mol. The lowest BCUT2D eigenvalue weighted by Crippen LogP contribution is -2.17. The van der Waals surface area contributed by atoms with E-state index in [9.17, 15) is 9.50 Å². The van der Waals surface area contributed by atoms with Gasteiger partial charge in [0.25, 0.3) is 0 Å². The Kier molecular flexibility index (Phi) is 5.55. The van der Waals surface area contributed by atoms with Crippen LogP contribution in [0.4, 0.5) is 4.39 Å². The topological polar surface area (TPSA) is 84.9 Å². The van der Waals surface area contributed by atoms with Crippen molar-refractivity contribution in [2.45, 2.75) is 29.6 Å². The minimum absolute atomic E-state index is 0.315. The molecule has 0 saturated heterocycles. The molecule has 9 heteroatoms. The first kappa shape index (κ1) is 20.5. The molecule has 0 unspecified atom stereocenters. The number of halogens is 2. The van der Waals surface area contributed by atoms with Gasteiger partial charge in [-0.2, -0.15) is 0 Å². The summed E-state index contributed by atoms with van der Waals surface area (Å²) >= 11 is 7.17. The fourth-order valence-corrected chi connectivity index (χ4v) is 3.45. The van der Waals surface area contributed by atoms with Crippen molar-refractivity contribution in [2.24, 2.45) is 0 Å². The van der Waals surface area contributed by atoms with Crippen LogP contribution in [-0.2, 0) is 5.60 Å². The largest absolute Gasteiger partial charge is 0.429 e. The van der Waals surface area contributed by atoms with Crippen LogP contribution >= 0.6 is 23.4 Å². The summed E-state index contributed by atoms with van der Waals surface area (Å²) in [6.07, 6.45) is 4.56. The summed E-state index contributed by atoms with van der Waals surface area (Å²) in [6, 6.07) is 9.34. The Hall–Kier alpha value is -2.81. The molecule has 152 valence electrons. The van der Waals surface area contributed by atoms with Crippen molar-refractivity contribution in [1.29, 1.82) is 0 Å². The van der Waals surface area contributed by atoms with Gasteiger partial charge in [0.2, 0.25) is 5.89 Å². The van der Waals surface area contributed by atoms with Crippen LogP contribution in [0, 0.1) is 5.82 Å². The van der Waals surface area contributed by atoms with Gasteiger partial charge in [0.05, 0.1) is 23.1 Å². The Morgan fingerprint density at radius 2 is 1.77 bits per heavy atom. The van der Waals surface area contributed by atoms with Crippen LogP contribution in [0.15, 0.2) is 69.5 Å². The zero-order valence-corrected chi connectivity index (χ0v) is 17.6. The van der Waals surface area contributed by atoms with E-state index in [1.54, 1.807) is 44.3 Å². The second-order valence-corrected chi connectivity index (χ2v) is 8.35. The average molecular weight is 443 g/mol. The molecule has 0 spiro atoms. The Morgan fingerprint density at radius 3 is 2.37 bits per heavy atom. The van der Waals surface area contributed by atoms with Crippen LogP contribution in [0.1, 0.15) is 19.5 Å². The summed E-state index contributed by atoms with van der Waals surface area (Å²) in [5.74, 6) is -0.0339. The van der Waals surface area contributed by atoms with Crippen LogP contribution < -0.4 is 0 Å². The highest BCUT2D eigenvalue weighted by Gasteiger charge is 2.22. The SMILES string of the molecule is CC(C)(O)c1cnc(-c2nc(-c3ccc(F)cc3)oc2Sc2ccc(Cl)cn2)cn1.